The van der Waals surface area contributed by atoms with E-state index in [9.17, 15) is 5.11 Å². The highest BCUT2D eigenvalue weighted by molar-refractivity contribution is 5.55. The van der Waals surface area contributed by atoms with Gasteiger partial charge in [0, 0.05) is 11.0 Å². The number of aliphatic hydroxyl groups excluding tert-OH is 1. The molecular formula is C14H22O3. The van der Waals surface area contributed by atoms with Gasteiger partial charge in [-0.15, -0.1) is 0 Å². The SMILES string of the molecule is COc1cc(C)c(OC)c(C(C)(C)CO)c1C. The summed E-state index contributed by atoms with van der Waals surface area (Å²) in [6, 6.07) is 1.96. The van der Waals surface area contributed by atoms with Crippen molar-refractivity contribution < 1.29 is 14.6 Å². The van der Waals surface area contributed by atoms with Crippen LogP contribution < -0.4 is 9.47 Å². The monoisotopic (exact) mass is 238 g/mol. The Morgan fingerprint density at radius 1 is 1.18 bits per heavy atom. The van der Waals surface area contributed by atoms with Gasteiger partial charge in [-0.3, -0.25) is 0 Å². The number of rotatable bonds is 4. The van der Waals surface area contributed by atoms with Crippen molar-refractivity contribution in [1.82, 2.24) is 0 Å². The predicted molar refractivity (Wildman–Crippen MR) is 69.1 cm³/mol. The molecule has 0 spiro atoms. The summed E-state index contributed by atoms with van der Waals surface area (Å²) >= 11 is 0. The maximum absolute atomic E-state index is 9.55. The second-order valence-corrected chi connectivity index (χ2v) is 4.97. The van der Waals surface area contributed by atoms with Gasteiger partial charge in [0.2, 0.25) is 0 Å². The van der Waals surface area contributed by atoms with Crippen LogP contribution in [0.25, 0.3) is 0 Å². The number of hydrogen-bond acceptors (Lipinski definition) is 3. The van der Waals surface area contributed by atoms with Gasteiger partial charge >= 0.3 is 0 Å². The van der Waals surface area contributed by atoms with Crippen LogP contribution in [0.2, 0.25) is 0 Å². The molecule has 3 nitrogen and oxygen atoms in total. The van der Waals surface area contributed by atoms with Crippen molar-refractivity contribution in [2.45, 2.75) is 33.1 Å². The third-order valence-electron chi connectivity index (χ3n) is 3.17. The van der Waals surface area contributed by atoms with Crippen molar-refractivity contribution in [2.75, 3.05) is 20.8 Å². The van der Waals surface area contributed by atoms with Gasteiger partial charge in [-0.2, -0.15) is 0 Å². The van der Waals surface area contributed by atoms with E-state index in [0.29, 0.717) is 0 Å². The lowest BCUT2D eigenvalue weighted by Gasteiger charge is -2.28. The number of aliphatic hydroxyl groups is 1. The topological polar surface area (TPSA) is 38.7 Å². The molecular weight excluding hydrogens is 216 g/mol. The van der Waals surface area contributed by atoms with Gasteiger partial charge in [0.25, 0.3) is 0 Å². The summed E-state index contributed by atoms with van der Waals surface area (Å²) in [5, 5.41) is 9.55. The number of methoxy groups -OCH3 is 2. The van der Waals surface area contributed by atoms with E-state index in [-0.39, 0.29) is 12.0 Å². The Hall–Kier alpha value is -1.22. The summed E-state index contributed by atoms with van der Waals surface area (Å²) in [7, 11) is 3.31. The maximum atomic E-state index is 9.55. The molecule has 1 rings (SSSR count). The zero-order valence-electron chi connectivity index (χ0n) is 11.5. The number of ether oxygens (including phenoxy) is 2. The minimum atomic E-state index is -0.352. The van der Waals surface area contributed by atoms with Crippen molar-refractivity contribution in [3.05, 3.63) is 22.8 Å². The summed E-state index contributed by atoms with van der Waals surface area (Å²) in [5.41, 5.74) is 2.70. The van der Waals surface area contributed by atoms with Crippen LogP contribution in [0.15, 0.2) is 6.07 Å². The molecule has 0 saturated carbocycles. The summed E-state index contributed by atoms with van der Waals surface area (Å²) in [4.78, 5) is 0. The Labute approximate surface area is 103 Å². The minimum absolute atomic E-state index is 0.0663. The summed E-state index contributed by atoms with van der Waals surface area (Å²) < 4.78 is 10.8. The van der Waals surface area contributed by atoms with E-state index in [1.165, 1.54) is 0 Å². The number of benzene rings is 1. The van der Waals surface area contributed by atoms with E-state index in [2.05, 4.69) is 0 Å². The number of hydrogen-bond donors (Lipinski definition) is 1. The Morgan fingerprint density at radius 3 is 2.18 bits per heavy atom. The van der Waals surface area contributed by atoms with E-state index in [1.54, 1.807) is 14.2 Å². The van der Waals surface area contributed by atoms with E-state index in [1.807, 2.05) is 33.8 Å². The van der Waals surface area contributed by atoms with E-state index in [4.69, 9.17) is 9.47 Å². The minimum Gasteiger partial charge on any atom is -0.496 e. The highest BCUT2D eigenvalue weighted by Gasteiger charge is 2.28. The molecule has 96 valence electrons. The van der Waals surface area contributed by atoms with Gasteiger partial charge in [0.15, 0.2) is 0 Å². The molecule has 0 heterocycles. The van der Waals surface area contributed by atoms with E-state index >= 15 is 0 Å². The van der Waals surface area contributed by atoms with Crippen LogP contribution in [0.3, 0.4) is 0 Å². The molecule has 0 amide bonds. The van der Waals surface area contributed by atoms with Gasteiger partial charge in [-0.05, 0) is 31.0 Å². The molecule has 0 fully saturated rings. The summed E-state index contributed by atoms with van der Waals surface area (Å²) in [6.07, 6.45) is 0. The first-order chi connectivity index (χ1) is 7.88. The molecule has 1 N–H and O–H groups in total. The molecule has 1 aromatic carbocycles. The average Bonchev–Trinajstić information content (AvgIpc) is 2.30. The van der Waals surface area contributed by atoms with Crippen molar-refractivity contribution in [3.63, 3.8) is 0 Å². The fraction of sp³-hybridized carbons (Fsp3) is 0.571. The van der Waals surface area contributed by atoms with Crippen LogP contribution in [0, 0.1) is 13.8 Å². The zero-order valence-corrected chi connectivity index (χ0v) is 11.5. The molecule has 0 saturated heterocycles. The molecule has 3 heteroatoms. The molecule has 0 aliphatic rings. The van der Waals surface area contributed by atoms with Gasteiger partial charge in [-0.25, -0.2) is 0 Å². The lowest BCUT2D eigenvalue weighted by Crippen LogP contribution is -2.25. The smallest absolute Gasteiger partial charge is 0.126 e. The van der Waals surface area contributed by atoms with Gasteiger partial charge in [0.1, 0.15) is 11.5 Å². The van der Waals surface area contributed by atoms with E-state index < -0.39 is 0 Å². The van der Waals surface area contributed by atoms with Crippen LogP contribution >= 0.6 is 0 Å². The van der Waals surface area contributed by atoms with Crippen LogP contribution in [-0.4, -0.2) is 25.9 Å². The maximum Gasteiger partial charge on any atom is 0.126 e. The average molecular weight is 238 g/mol. The second-order valence-electron chi connectivity index (χ2n) is 4.97. The zero-order chi connectivity index (χ0) is 13.2. The fourth-order valence-corrected chi connectivity index (χ4v) is 2.23. The van der Waals surface area contributed by atoms with Crippen molar-refractivity contribution in [2.24, 2.45) is 0 Å². The van der Waals surface area contributed by atoms with E-state index in [0.717, 1.165) is 28.2 Å². The van der Waals surface area contributed by atoms with Gasteiger partial charge in [-0.1, -0.05) is 13.8 Å². The molecule has 0 bridgehead atoms. The quantitative estimate of drug-likeness (QED) is 0.876. The standard InChI is InChI=1S/C14H22O3/c1-9-7-11(16-5)10(2)12(13(9)17-6)14(3,4)8-15/h7,15H,8H2,1-6H3. The Bertz CT molecular complexity index is 408. The van der Waals surface area contributed by atoms with Crippen molar-refractivity contribution in [1.29, 1.82) is 0 Å². The first-order valence-corrected chi connectivity index (χ1v) is 5.72. The third-order valence-corrected chi connectivity index (χ3v) is 3.17. The molecule has 17 heavy (non-hydrogen) atoms. The molecule has 0 atom stereocenters. The predicted octanol–water partition coefficient (Wildman–Crippen LogP) is 2.59. The van der Waals surface area contributed by atoms with Gasteiger partial charge < -0.3 is 14.6 Å². The summed E-state index contributed by atoms with van der Waals surface area (Å²) in [6.45, 7) is 8.04. The molecule has 0 aliphatic carbocycles. The second kappa shape index (κ2) is 4.96. The lowest BCUT2D eigenvalue weighted by molar-refractivity contribution is 0.213. The normalized spacial score (nSPS) is 11.5. The van der Waals surface area contributed by atoms with Gasteiger partial charge in [0.05, 0.1) is 20.8 Å². The van der Waals surface area contributed by atoms with Crippen molar-refractivity contribution in [3.8, 4) is 11.5 Å². The molecule has 0 unspecified atom stereocenters. The highest BCUT2D eigenvalue weighted by atomic mass is 16.5. The Morgan fingerprint density at radius 2 is 1.76 bits per heavy atom. The first kappa shape index (κ1) is 13.8. The molecule has 0 aromatic heterocycles. The van der Waals surface area contributed by atoms with Crippen LogP contribution in [-0.2, 0) is 5.41 Å². The van der Waals surface area contributed by atoms with Crippen LogP contribution in [0.1, 0.15) is 30.5 Å². The lowest BCUT2D eigenvalue weighted by atomic mass is 9.81. The largest absolute Gasteiger partial charge is 0.496 e. The molecule has 1 aromatic rings. The summed E-state index contributed by atoms with van der Waals surface area (Å²) in [5.74, 6) is 1.67. The molecule has 0 radical (unpaired) electrons. The van der Waals surface area contributed by atoms with Crippen LogP contribution in [0.5, 0.6) is 11.5 Å². The molecule has 0 aliphatic heterocycles. The number of aryl methyl sites for hydroxylation is 1. The Kier molecular flexibility index (Phi) is 4.04. The van der Waals surface area contributed by atoms with Crippen LogP contribution in [0.4, 0.5) is 0 Å². The fourth-order valence-electron chi connectivity index (χ4n) is 2.23. The first-order valence-electron chi connectivity index (χ1n) is 5.72. The highest BCUT2D eigenvalue weighted by Crippen LogP contribution is 2.40. The van der Waals surface area contributed by atoms with Crippen molar-refractivity contribution >= 4 is 0 Å². The Balaban J connectivity index is 3.59. The third kappa shape index (κ3) is 2.39.